The first-order valence-electron chi connectivity index (χ1n) is 6.67. The molecule has 0 saturated carbocycles. The highest BCUT2D eigenvalue weighted by atomic mass is 35.5. The molecule has 2 aromatic rings. The van der Waals surface area contributed by atoms with Gasteiger partial charge in [0.05, 0.1) is 10.7 Å². The molecule has 1 saturated heterocycles. The molecule has 1 aromatic heterocycles. The van der Waals surface area contributed by atoms with Crippen molar-refractivity contribution in [2.45, 2.75) is 19.3 Å². The van der Waals surface area contributed by atoms with Gasteiger partial charge in [-0.1, -0.05) is 17.7 Å². The van der Waals surface area contributed by atoms with Crippen LogP contribution in [0.2, 0.25) is 5.02 Å². The van der Waals surface area contributed by atoms with Gasteiger partial charge < -0.3 is 5.32 Å². The third-order valence-corrected chi connectivity index (χ3v) is 3.90. The molecular formula is C14H17ClN4. The third kappa shape index (κ3) is 2.96. The summed E-state index contributed by atoms with van der Waals surface area (Å²) in [6, 6.07) is 6.20. The molecule has 0 radical (unpaired) electrons. The Morgan fingerprint density at radius 1 is 1.42 bits per heavy atom. The van der Waals surface area contributed by atoms with E-state index in [1.54, 1.807) is 11.0 Å². The predicted molar refractivity (Wildman–Crippen MR) is 75.7 cm³/mol. The van der Waals surface area contributed by atoms with E-state index in [-0.39, 0.29) is 0 Å². The molecule has 1 aliphatic rings. The summed E-state index contributed by atoms with van der Waals surface area (Å²) in [4.78, 5) is 3.94. The lowest BCUT2D eigenvalue weighted by Gasteiger charge is -2.22. The molecule has 1 aromatic carbocycles. The smallest absolute Gasteiger partial charge is 0.138 e. The minimum Gasteiger partial charge on any atom is -0.316 e. The first-order valence-corrected chi connectivity index (χ1v) is 7.05. The van der Waals surface area contributed by atoms with Crippen LogP contribution in [-0.2, 0) is 6.42 Å². The second-order valence-corrected chi connectivity index (χ2v) is 5.45. The summed E-state index contributed by atoms with van der Waals surface area (Å²) in [5, 5.41) is 8.28. The molecule has 0 aliphatic carbocycles. The summed E-state index contributed by atoms with van der Waals surface area (Å²) < 4.78 is 1.69. The fraction of sp³-hybridized carbons (Fsp3) is 0.429. The summed E-state index contributed by atoms with van der Waals surface area (Å²) in [5.74, 6) is 0.724. The molecule has 5 heteroatoms. The van der Waals surface area contributed by atoms with E-state index in [2.05, 4.69) is 21.5 Å². The van der Waals surface area contributed by atoms with Gasteiger partial charge in [0.1, 0.15) is 12.7 Å². The summed E-state index contributed by atoms with van der Waals surface area (Å²) in [6.45, 7) is 2.27. The molecular weight excluding hydrogens is 260 g/mol. The third-order valence-electron chi connectivity index (χ3n) is 3.60. The van der Waals surface area contributed by atoms with Crippen LogP contribution in [0.25, 0.3) is 5.69 Å². The number of piperidine rings is 1. The van der Waals surface area contributed by atoms with Crippen LogP contribution in [0.4, 0.5) is 0 Å². The lowest BCUT2D eigenvalue weighted by atomic mass is 9.92. The van der Waals surface area contributed by atoms with Gasteiger partial charge in [0.25, 0.3) is 0 Å². The second kappa shape index (κ2) is 5.72. The van der Waals surface area contributed by atoms with Crippen LogP contribution < -0.4 is 5.32 Å². The zero-order chi connectivity index (χ0) is 13.1. The van der Waals surface area contributed by atoms with Crippen LogP contribution >= 0.6 is 11.6 Å². The van der Waals surface area contributed by atoms with E-state index in [0.29, 0.717) is 0 Å². The Bertz CT molecular complexity index is 532. The second-order valence-electron chi connectivity index (χ2n) is 5.04. The highest BCUT2D eigenvalue weighted by Crippen LogP contribution is 2.24. The highest BCUT2D eigenvalue weighted by Gasteiger charge is 2.14. The summed E-state index contributed by atoms with van der Waals surface area (Å²) in [5.41, 5.74) is 2.17. The van der Waals surface area contributed by atoms with Gasteiger partial charge in [-0.25, -0.2) is 9.67 Å². The van der Waals surface area contributed by atoms with Gasteiger partial charge in [0.2, 0.25) is 0 Å². The molecule has 1 unspecified atom stereocenters. The fourth-order valence-electron chi connectivity index (χ4n) is 2.63. The van der Waals surface area contributed by atoms with Crippen LogP contribution in [0.5, 0.6) is 0 Å². The summed E-state index contributed by atoms with van der Waals surface area (Å²) in [6.07, 6.45) is 6.83. The van der Waals surface area contributed by atoms with Gasteiger partial charge in [-0.2, -0.15) is 5.10 Å². The number of halogens is 1. The van der Waals surface area contributed by atoms with Crippen molar-refractivity contribution in [2.24, 2.45) is 5.92 Å². The summed E-state index contributed by atoms with van der Waals surface area (Å²) >= 11 is 6.33. The van der Waals surface area contributed by atoms with E-state index in [1.165, 1.54) is 24.7 Å². The predicted octanol–water partition coefficient (Wildman–Crippen LogP) is 2.46. The Balaban J connectivity index is 1.75. The SMILES string of the molecule is Clc1cc(CC2CCCNC2)ccc1-n1cncn1. The number of hydrogen-bond acceptors (Lipinski definition) is 3. The minimum atomic E-state index is 0.724. The maximum Gasteiger partial charge on any atom is 0.138 e. The molecule has 1 N–H and O–H groups in total. The average Bonchev–Trinajstić information content (AvgIpc) is 2.94. The van der Waals surface area contributed by atoms with E-state index in [1.807, 2.05) is 12.1 Å². The quantitative estimate of drug-likeness (QED) is 0.936. The minimum absolute atomic E-state index is 0.724. The van der Waals surface area contributed by atoms with Crippen LogP contribution in [0.3, 0.4) is 0 Å². The highest BCUT2D eigenvalue weighted by molar-refractivity contribution is 6.32. The molecule has 2 heterocycles. The summed E-state index contributed by atoms with van der Waals surface area (Å²) in [7, 11) is 0. The van der Waals surface area contributed by atoms with Gasteiger partial charge in [-0.3, -0.25) is 0 Å². The maximum absolute atomic E-state index is 6.33. The first-order chi connectivity index (χ1) is 9.33. The van der Waals surface area contributed by atoms with E-state index >= 15 is 0 Å². The van der Waals surface area contributed by atoms with Crippen LogP contribution in [0.15, 0.2) is 30.9 Å². The van der Waals surface area contributed by atoms with Crippen molar-refractivity contribution < 1.29 is 0 Å². The maximum atomic E-state index is 6.33. The number of hydrogen-bond donors (Lipinski definition) is 1. The molecule has 4 nitrogen and oxygen atoms in total. The number of nitrogens with zero attached hydrogens (tertiary/aromatic N) is 3. The molecule has 0 bridgehead atoms. The zero-order valence-corrected chi connectivity index (χ0v) is 11.5. The van der Waals surface area contributed by atoms with E-state index in [4.69, 9.17) is 11.6 Å². The van der Waals surface area contributed by atoms with Crippen molar-refractivity contribution in [1.29, 1.82) is 0 Å². The van der Waals surface area contributed by atoms with Crippen molar-refractivity contribution in [3.8, 4) is 5.69 Å². The van der Waals surface area contributed by atoms with Crippen LogP contribution in [0, 0.1) is 5.92 Å². The van der Waals surface area contributed by atoms with E-state index in [9.17, 15) is 0 Å². The lowest BCUT2D eigenvalue weighted by molar-refractivity contribution is 0.376. The van der Waals surface area contributed by atoms with Gasteiger partial charge in [-0.05, 0) is 56.0 Å². The molecule has 0 spiro atoms. The standard InChI is InChI=1S/C14H17ClN4/c15-13-7-11(6-12-2-1-5-16-8-12)3-4-14(13)19-10-17-9-18-19/h3-4,7,9-10,12,16H,1-2,5-6,8H2. The Labute approximate surface area is 117 Å². The number of benzene rings is 1. The van der Waals surface area contributed by atoms with Crippen molar-refractivity contribution >= 4 is 11.6 Å². The molecule has 100 valence electrons. The fourth-order valence-corrected chi connectivity index (χ4v) is 2.92. The van der Waals surface area contributed by atoms with Crippen molar-refractivity contribution in [2.75, 3.05) is 13.1 Å². The number of aromatic nitrogens is 3. The molecule has 1 aliphatic heterocycles. The molecule has 0 amide bonds. The Morgan fingerprint density at radius 2 is 2.37 bits per heavy atom. The Morgan fingerprint density at radius 3 is 3.05 bits per heavy atom. The molecule has 1 fully saturated rings. The van der Waals surface area contributed by atoms with E-state index in [0.717, 1.165) is 36.1 Å². The Hall–Kier alpha value is -1.39. The number of nitrogens with one attached hydrogen (secondary N) is 1. The topological polar surface area (TPSA) is 42.7 Å². The number of rotatable bonds is 3. The van der Waals surface area contributed by atoms with Crippen LogP contribution in [0.1, 0.15) is 18.4 Å². The average molecular weight is 277 g/mol. The van der Waals surface area contributed by atoms with Gasteiger partial charge >= 0.3 is 0 Å². The van der Waals surface area contributed by atoms with Crippen molar-refractivity contribution in [3.63, 3.8) is 0 Å². The normalized spacial score (nSPS) is 19.5. The largest absolute Gasteiger partial charge is 0.316 e. The van der Waals surface area contributed by atoms with Gasteiger partial charge in [0, 0.05) is 0 Å². The Kier molecular flexibility index (Phi) is 3.80. The van der Waals surface area contributed by atoms with Gasteiger partial charge in [0.15, 0.2) is 0 Å². The van der Waals surface area contributed by atoms with E-state index < -0.39 is 0 Å². The van der Waals surface area contributed by atoms with Crippen LogP contribution in [-0.4, -0.2) is 27.9 Å². The van der Waals surface area contributed by atoms with Crippen molar-refractivity contribution in [1.82, 2.24) is 20.1 Å². The van der Waals surface area contributed by atoms with Crippen molar-refractivity contribution in [3.05, 3.63) is 41.4 Å². The molecule has 1 atom stereocenters. The zero-order valence-electron chi connectivity index (χ0n) is 10.7. The lowest BCUT2D eigenvalue weighted by Crippen LogP contribution is -2.30. The van der Waals surface area contributed by atoms with Gasteiger partial charge in [-0.15, -0.1) is 0 Å². The monoisotopic (exact) mass is 276 g/mol. The molecule has 19 heavy (non-hydrogen) atoms. The molecule has 3 rings (SSSR count). The first kappa shape index (κ1) is 12.6.